The highest BCUT2D eigenvalue weighted by atomic mass is 32.1. The molecule has 0 saturated heterocycles. The topological polar surface area (TPSA) is 91.3 Å². The number of anilines is 1. The molecule has 6 nitrogen and oxygen atoms in total. The fraction of sp³-hybridized carbons (Fsp3) is 0.375. The van der Waals surface area contributed by atoms with Gasteiger partial charge in [-0.05, 0) is 0 Å². The van der Waals surface area contributed by atoms with Gasteiger partial charge in [-0.3, -0.25) is 9.59 Å². The van der Waals surface area contributed by atoms with Crippen molar-refractivity contribution < 1.29 is 14.7 Å². The highest BCUT2D eigenvalue weighted by Crippen LogP contribution is 2.12. The molecule has 0 bridgehead atoms. The fourth-order valence-corrected chi connectivity index (χ4v) is 1.76. The zero-order chi connectivity index (χ0) is 12.0. The average Bonchev–Trinajstić information content (AvgIpc) is 2.75. The van der Waals surface area contributed by atoms with Gasteiger partial charge in [0.25, 0.3) is 0 Å². The molecule has 3 N–H and O–H groups in total. The zero-order valence-electron chi connectivity index (χ0n) is 8.21. The lowest BCUT2D eigenvalue weighted by Crippen LogP contribution is -2.42. The van der Waals surface area contributed by atoms with Gasteiger partial charge in [0.15, 0.2) is 5.13 Å². The summed E-state index contributed by atoms with van der Waals surface area (Å²) in [6.07, 6.45) is 1.61. The first kappa shape index (κ1) is 12.8. The van der Waals surface area contributed by atoms with Crippen LogP contribution in [0, 0.1) is 0 Å². The number of carboxylic acids is 1. The number of hydrogen-bond donors (Lipinski definition) is 4. The van der Waals surface area contributed by atoms with Gasteiger partial charge in [0.05, 0.1) is 0 Å². The molecule has 0 radical (unpaired) electrons. The monoisotopic (exact) mass is 261 g/mol. The molecule has 0 aromatic carbocycles. The van der Waals surface area contributed by atoms with E-state index in [1.807, 2.05) is 0 Å². The SMILES string of the molecule is O=C(O)CNC(=O)[C@H](CS)Nc1nccs1. The lowest BCUT2D eigenvalue weighted by Gasteiger charge is -2.14. The highest BCUT2D eigenvalue weighted by Gasteiger charge is 2.17. The first-order chi connectivity index (χ1) is 7.63. The van der Waals surface area contributed by atoms with Crippen LogP contribution in [-0.4, -0.2) is 40.3 Å². The fourth-order valence-electron chi connectivity index (χ4n) is 0.924. The van der Waals surface area contributed by atoms with Gasteiger partial charge < -0.3 is 15.7 Å². The van der Waals surface area contributed by atoms with Crippen molar-refractivity contribution in [3.05, 3.63) is 11.6 Å². The van der Waals surface area contributed by atoms with Crippen LogP contribution in [0.3, 0.4) is 0 Å². The molecule has 0 unspecified atom stereocenters. The zero-order valence-corrected chi connectivity index (χ0v) is 9.92. The molecule has 1 heterocycles. The Balaban J connectivity index is 2.47. The second-order valence-electron chi connectivity index (χ2n) is 2.83. The van der Waals surface area contributed by atoms with Crippen LogP contribution in [0.1, 0.15) is 0 Å². The summed E-state index contributed by atoms with van der Waals surface area (Å²) in [6, 6.07) is -0.589. The van der Waals surface area contributed by atoms with Crippen LogP contribution in [0.15, 0.2) is 11.6 Å². The number of thiazole rings is 1. The molecule has 1 amide bonds. The number of carbonyl (C=O) groups excluding carboxylic acids is 1. The molecule has 88 valence electrons. The summed E-state index contributed by atoms with van der Waals surface area (Å²) in [7, 11) is 0. The van der Waals surface area contributed by atoms with Crippen LogP contribution in [-0.2, 0) is 9.59 Å². The van der Waals surface area contributed by atoms with Gasteiger partial charge in [0, 0.05) is 17.3 Å². The van der Waals surface area contributed by atoms with Gasteiger partial charge in [-0.1, -0.05) is 0 Å². The molecule has 1 rings (SSSR count). The van der Waals surface area contributed by atoms with Gasteiger partial charge in [0.2, 0.25) is 5.91 Å². The Morgan fingerprint density at radius 2 is 2.38 bits per heavy atom. The number of amides is 1. The minimum atomic E-state index is -1.08. The molecule has 16 heavy (non-hydrogen) atoms. The molecule has 1 atom stereocenters. The Morgan fingerprint density at radius 1 is 1.62 bits per heavy atom. The van der Waals surface area contributed by atoms with Gasteiger partial charge in [-0.15, -0.1) is 11.3 Å². The summed E-state index contributed by atoms with van der Waals surface area (Å²) < 4.78 is 0. The summed E-state index contributed by atoms with van der Waals surface area (Å²) in [5, 5.41) is 15.9. The highest BCUT2D eigenvalue weighted by molar-refractivity contribution is 7.80. The predicted octanol–water partition coefficient (Wildman–Crippen LogP) is 0.0542. The second kappa shape index (κ2) is 6.33. The van der Waals surface area contributed by atoms with Gasteiger partial charge in [-0.2, -0.15) is 12.6 Å². The number of aromatic nitrogens is 1. The first-order valence-electron chi connectivity index (χ1n) is 4.40. The van der Waals surface area contributed by atoms with Crippen molar-refractivity contribution in [3.63, 3.8) is 0 Å². The molecule has 0 spiro atoms. The number of thiol groups is 1. The van der Waals surface area contributed by atoms with E-state index in [2.05, 4.69) is 28.2 Å². The van der Waals surface area contributed by atoms with E-state index in [-0.39, 0.29) is 5.75 Å². The van der Waals surface area contributed by atoms with Gasteiger partial charge in [0.1, 0.15) is 12.6 Å². The second-order valence-corrected chi connectivity index (χ2v) is 4.09. The normalized spacial score (nSPS) is 11.8. The summed E-state index contributed by atoms with van der Waals surface area (Å²) in [6.45, 7) is -0.400. The van der Waals surface area contributed by atoms with Gasteiger partial charge >= 0.3 is 5.97 Å². The maximum Gasteiger partial charge on any atom is 0.322 e. The van der Waals surface area contributed by atoms with E-state index in [9.17, 15) is 9.59 Å². The number of rotatable bonds is 6. The Kier molecular flexibility index (Phi) is 5.06. The maximum absolute atomic E-state index is 11.5. The first-order valence-corrected chi connectivity index (χ1v) is 5.91. The summed E-state index contributed by atoms with van der Waals surface area (Å²) in [5.74, 6) is -1.24. The summed E-state index contributed by atoms with van der Waals surface area (Å²) >= 11 is 5.37. The van der Waals surface area contributed by atoms with Crippen LogP contribution < -0.4 is 10.6 Å². The van der Waals surface area contributed by atoms with Crippen molar-refractivity contribution >= 4 is 41.0 Å². The number of carbonyl (C=O) groups is 2. The quantitative estimate of drug-likeness (QED) is 0.543. The van der Waals surface area contributed by atoms with Crippen LogP contribution in [0.2, 0.25) is 0 Å². The molecule has 0 aliphatic carbocycles. The molecule has 0 fully saturated rings. The summed E-state index contributed by atoms with van der Waals surface area (Å²) in [5.41, 5.74) is 0. The molecule has 0 aliphatic rings. The van der Waals surface area contributed by atoms with E-state index in [1.54, 1.807) is 11.6 Å². The molecule has 1 aromatic heterocycles. The number of carboxylic acid groups (broad SMARTS) is 1. The maximum atomic E-state index is 11.5. The van der Waals surface area contributed by atoms with E-state index in [0.717, 1.165) is 0 Å². The van der Waals surface area contributed by atoms with Crippen LogP contribution >= 0.6 is 24.0 Å². The van der Waals surface area contributed by atoms with Crippen molar-refractivity contribution in [2.75, 3.05) is 17.6 Å². The van der Waals surface area contributed by atoms with E-state index in [1.165, 1.54) is 11.3 Å². The van der Waals surface area contributed by atoms with Crippen molar-refractivity contribution in [1.82, 2.24) is 10.3 Å². The van der Waals surface area contributed by atoms with Crippen molar-refractivity contribution in [2.45, 2.75) is 6.04 Å². The van der Waals surface area contributed by atoms with Crippen molar-refractivity contribution in [3.8, 4) is 0 Å². The molecule has 1 aromatic rings. The van der Waals surface area contributed by atoms with Crippen molar-refractivity contribution in [2.24, 2.45) is 0 Å². The number of nitrogens with one attached hydrogen (secondary N) is 2. The van der Waals surface area contributed by atoms with E-state index in [4.69, 9.17) is 5.11 Å². The standard InChI is InChI=1S/C8H11N3O3S2/c12-6(13)3-10-7(14)5(4-15)11-8-9-1-2-16-8/h1-2,5,15H,3-4H2,(H,9,11)(H,10,14)(H,12,13)/t5-/m0/s1. The number of aliphatic carboxylic acids is 1. The lowest BCUT2D eigenvalue weighted by molar-refractivity contribution is -0.137. The summed E-state index contributed by atoms with van der Waals surface area (Å²) in [4.78, 5) is 25.7. The Labute approximate surface area is 101 Å². The third-order valence-corrected chi connectivity index (χ3v) is 2.71. The largest absolute Gasteiger partial charge is 0.480 e. The molecule has 0 saturated carbocycles. The third-order valence-electron chi connectivity index (χ3n) is 1.64. The smallest absolute Gasteiger partial charge is 0.322 e. The minimum Gasteiger partial charge on any atom is -0.480 e. The van der Waals surface area contributed by atoms with Crippen LogP contribution in [0.4, 0.5) is 5.13 Å². The predicted molar refractivity (Wildman–Crippen MR) is 64.0 cm³/mol. The van der Waals surface area contributed by atoms with E-state index in [0.29, 0.717) is 5.13 Å². The van der Waals surface area contributed by atoms with Crippen molar-refractivity contribution in [1.29, 1.82) is 0 Å². The lowest BCUT2D eigenvalue weighted by atomic mass is 10.3. The number of nitrogens with zero attached hydrogens (tertiary/aromatic N) is 1. The van der Waals surface area contributed by atoms with Crippen LogP contribution in [0.25, 0.3) is 0 Å². The van der Waals surface area contributed by atoms with Crippen LogP contribution in [0.5, 0.6) is 0 Å². The minimum absolute atomic E-state index is 0.255. The Morgan fingerprint density at radius 3 is 2.88 bits per heavy atom. The molecular formula is C8H11N3O3S2. The number of hydrogen-bond acceptors (Lipinski definition) is 6. The van der Waals surface area contributed by atoms with E-state index < -0.39 is 24.5 Å². The third kappa shape index (κ3) is 4.07. The van der Waals surface area contributed by atoms with E-state index >= 15 is 0 Å². The molecule has 8 heteroatoms. The average molecular weight is 261 g/mol. The Hall–Kier alpha value is -1.28. The Bertz CT molecular complexity index is 355. The molecular weight excluding hydrogens is 250 g/mol. The van der Waals surface area contributed by atoms with Gasteiger partial charge in [-0.25, -0.2) is 4.98 Å². The molecule has 0 aliphatic heterocycles.